The summed E-state index contributed by atoms with van der Waals surface area (Å²) in [5.74, 6) is 0.322. The Labute approximate surface area is 155 Å². The highest BCUT2D eigenvalue weighted by Crippen LogP contribution is 2.40. The number of rotatable bonds is 4. The minimum absolute atomic E-state index is 0.0590. The van der Waals surface area contributed by atoms with Gasteiger partial charge in [0.1, 0.15) is 0 Å². The second-order valence-electron chi connectivity index (χ2n) is 7.74. The molecule has 0 saturated carbocycles. The predicted molar refractivity (Wildman–Crippen MR) is 102 cm³/mol. The lowest BCUT2D eigenvalue weighted by atomic mass is 9.84. The highest BCUT2D eigenvalue weighted by atomic mass is 16.2. The van der Waals surface area contributed by atoms with E-state index in [1.165, 1.54) is 5.56 Å². The topological polar surface area (TPSA) is 36.4 Å². The Morgan fingerprint density at radius 1 is 0.962 bits per heavy atom. The van der Waals surface area contributed by atoms with Crippen LogP contribution in [0.1, 0.15) is 42.6 Å². The smallest absolute Gasteiger partial charge is 0.223 e. The maximum atomic E-state index is 12.6. The van der Waals surface area contributed by atoms with E-state index in [4.69, 9.17) is 0 Å². The number of amides is 1. The summed E-state index contributed by atoms with van der Waals surface area (Å²) in [7, 11) is 0. The van der Waals surface area contributed by atoms with E-state index >= 15 is 0 Å². The molecule has 0 aliphatic carbocycles. The molecule has 0 bridgehead atoms. The molecule has 1 spiro atoms. The average molecular weight is 349 g/mol. The average Bonchev–Trinajstić information content (AvgIpc) is 2.94. The number of benzene rings is 1. The number of aryl methyl sites for hydroxylation is 1. The van der Waals surface area contributed by atoms with Crippen LogP contribution < -0.4 is 0 Å². The summed E-state index contributed by atoms with van der Waals surface area (Å²) in [6, 6.07) is 16.6. The summed E-state index contributed by atoms with van der Waals surface area (Å²) in [5.41, 5.74) is 3.51. The van der Waals surface area contributed by atoms with E-state index in [0.29, 0.717) is 12.3 Å². The number of piperidine rings is 1. The maximum absolute atomic E-state index is 12.6. The largest absolute Gasteiger partial charge is 0.333 e. The van der Waals surface area contributed by atoms with Crippen LogP contribution in [-0.2, 0) is 17.9 Å². The molecular weight excluding hydrogens is 322 g/mol. The van der Waals surface area contributed by atoms with E-state index in [-0.39, 0.29) is 5.54 Å². The minimum Gasteiger partial charge on any atom is -0.333 e. The number of hydrogen-bond donors (Lipinski definition) is 0. The molecule has 2 saturated heterocycles. The molecule has 0 atom stereocenters. The van der Waals surface area contributed by atoms with E-state index in [0.717, 1.165) is 56.8 Å². The first-order valence-corrected chi connectivity index (χ1v) is 9.64. The van der Waals surface area contributed by atoms with Crippen LogP contribution in [0.25, 0.3) is 0 Å². The van der Waals surface area contributed by atoms with Crippen molar-refractivity contribution >= 4 is 5.91 Å². The molecule has 4 nitrogen and oxygen atoms in total. The summed E-state index contributed by atoms with van der Waals surface area (Å²) in [6.45, 7) is 5.77. The molecule has 0 N–H and O–H groups in total. The third-order valence-corrected chi connectivity index (χ3v) is 5.98. The number of pyridine rings is 1. The quantitative estimate of drug-likeness (QED) is 0.847. The molecule has 1 amide bonds. The second-order valence-corrected chi connectivity index (χ2v) is 7.74. The summed E-state index contributed by atoms with van der Waals surface area (Å²) < 4.78 is 0. The summed E-state index contributed by atoms with van der Waals surface area (Å²) in [6.07, 6.45) is 3.84. The fourth-order valence-electron chi connectivity index (χ4n) is 4.46. The van der Waals surface area contributed by atoms with Crippen molar-refractivity contribution in [3.63, 3.8) is 0 Å². The number of carbonyl (C=O) groups is 1. The standard InChI is InChI=1S/C22H27N3O/c1-18-6-5-9-20(23-18)17-24-14-12-22(13-15-24)11-10-21(26)25(22)16-19-7-3-2-4-8-19/h2-9H,10-17H2,1H3. The molecule has 4 heteroatoms. The highest BCUT2D eigenvalue weighted by Gasteiger charge is 2.46. The van der Waals surface area contributed by atoms with Crippen molar-refractivity contribution in [2.75, 3.05) is 13.1 Å². The van der Waals surface area contributed by atoms with Crippen LogP contribution in [0, 0.1) is 6.92 Å². The Hall–Kier alpha value is -2.20. The van der Waals surface area contributed by atoms with Gasteiger partial charge in [0.2, 0.25) is 5.91 Å². The molecule has 0 radical (unpaired) electrons. The van der Waals surface area contributed by atoms with E-state index in [2.05, 4.69) is 51.2 Å². The van der Waals surface area contributed by atoms with Crippen molar-refractivity contribution in [3.05, 3.63) is 65.5 Å². The summed E-state index contributed by atoms with van der Waals surface area (Å²) in [4.78, 5) is 21.9. The SMILES string of the molecule is Cc1cccc(CN2CCC3(CCC(=O)N3Cc3ccccc3)CC2)n1. The fourth-order valence-corrected chi connectivity index (χ4v) is 4.46. The Morgan fingerprint density at radius 3 is 2.46 bits per heavy atom. The van der Waals surface area contributed by atoms with Crippen molar-refractivity contribution in [2.24, 2.45) is 0 Å². The first-order valence-electron chi connectivity index (χ1n) is 9.64. The molecule has 2 aliphatic heterocycles. The van der Waals surface area contributed by atoms with Crippen molar-refractivity contribution in [2.45, 2.75) is 51.2 Å². The van der Waals surface area contributed by atoms with Gasteiger partial charge in [-0.2, -0.15) is 0 Å². The van der Waals surface area contributed by atoms with Gasteiger partial charge < -0.3 is 4.90 Å². The van der Waals surface area contributed by atoms with Crippen LogP contribution in [-0.4, -0.2) is 39.3 Å². The van der Waals surface area contributed by atoms with E-state index in [9.17, 15) is 4.79 Å². The third kappa shape index (κ3) is 3.51. The Kier molecular flexibility index (Phi) is 4.77. The lowest BCUT2D eigenvalue weighted by Crippen LogP contribution is -2.52. The molecule has 2 aromatic rings. The van der Waals surface area contributed by atoms with Gasteiger partial charge in [0.15, 0.2) is 0 Å². The zero-order chi connectivity index (χ0) is 18.0. The van der Waals surface area contributed by atoms with Gasteiger partial charge in [0, 0.05) is 43.8 Å². The van der Waals surface area contributed by atoms with E-state index in [1.54, 1.807) is 0 Å². The number of hydrogen-bond acceptors (Lipinski definition) is 3. The Balaban J connectivity index is 1.42. The van der Waals surface area contributed by atoms with Gasteiger partial charge >= 0.3 is 0 Å². The van der Waals surface area contributed by atoms with Crippen LogP contribution in [0.3, 0.4) is 0 Å². The number of nitrogens with zero attached hydrogens (tertiary/aromatic N) is 3. The molecule has 1 aromatic heterocycles. The van der Waals surface area contributed by atoms with Gasteiger partial charge in [-0.1, -0.05) is 36.4 Å². The van der Waals surface area contributed by atoms with Crippen LogP contribution >= 0.6 is 0 Å². The predicted octanol–water partition coefficient (Wildman–Crippen LogP) is 3.55. The van der Waals surface area contributed by atoms with Crippen LogP contribution in [0.2, 0.25) is 0 Å². The van der Waals surface area contributed by atoms with Crippen LogP contribution in [0.5, 0.6) is 0 Å². The third-order valence-electron chi connectivity index (χ3n) is 5.98. The summed E-state index contributed by atoms with van der Waals surface area (Å²) in [5, 5.41) is 0. The fraction of sp³-hybridized carbons (Fsp3) is 0.455. The number of carbonyl (C=O) groups excluding carboxylic acids is 1. The molecular formula is C22H27N3O. The highest BCUT2D eigenvalue weighted by molar-refractivity contribution is 5.79. The lowest BCUT2D eigenvalue weighted by molar-refractivity contribution is -0.133. The Morgan fingerprint density at radius 2 is 1.73 bits per heavy atom. The number of aromatic nitrogens is 1. The van der Waals surface area contributed by atoms with E-state index < -0.39 is 0 Å². The molecule has 0 unspecified atom stereocenters. The monoisotopic (exact) mass is 349 g/mol. The maximum Gasteiger partial charge on any atom is 0.223 e. The molecule has 4 rings (SSSR count). The normalized spacial score (nSPS) is 20.0. The van der Waals surface area contributed by atoms with Gasteiger partial charge in [0.25, 0.3) is 0 Å². The number of likely N-dealkylation sites (tertiary alicyclic amines) is 2. The summed E-state index contributed by atoms with van der Waals surface area (Å²) >= 11 is 0. The van der Waals surface area contributed by atoms with Crippen molar-refractivity contribution in [1.29, 1.82) is 0 Å². The zero-order valence-corrected chi connectivity index (χ0v) is 15.5. The van der Waals surface area contributed by atoms with Gasteiger partial charge in [-0.05, 0) is 43.9 Å². The zero-order valence-electron chi connectivity index (χ0n) is 15.5. The first kappa shape index (κ1) is 17.2. The van der Waals surface area contributed by atoms with E-state index in [1.807, 2.05) is 19.1 Å². The molecule has 3 heterocycles. The molecule has 2 fully saturated rings. The molecule has 2 aliphatic rings. The molecule has 136 valence electrons. The van der Waals surface area contributed by atoms with Gasteiger partial charge in [0.05, 0.1) is 5.69 Å². The minimum atomic E-state index is 0.0590. The molecule has 1 aromatic carbocycles. The Bertz CT molecular complexity index is 766. The van der Waals surface area contributed by atoms with Gasteiger partial charge in [-0.25, -0.2) is 0 Å². The van der Waals surface area contributed by atoms with Crippen molar-refractivity contribution in [1.82, 2.24) is 14.8 Å². The van der Waals surface area contributed by atoms with Gasteiger partial charge in [-0.15, -0.1) is 0 Å². The van der Waals surface area contributed by atoms with Gasteiger partial charge in [-0.3, -0.25) is 14.7 Å². The van der Waals surface area contributed by atoms with Crippen molar-refractivity contribution in [3.8, 4) is 0 Å². The first-order chi connectivity index (χ1) is 12.6. The van der Waals surface area contributed by atoms with Crippen molar-refractivity contribution < 1.29 is 4.79 Å². The van der Waals surface area contributed by atoms with Crippen LogP contribution in [0.4, 0.5) is 0 Å². The lowest BCUT2D eigenvalue weighted by Gasteiger charge is -2.45. The van der Waals surface area contributed by atoms with Crippen LogP contribution in [0.15, 0.2) is 48.5 Å². The second kappa shape index (κ2) is 7.20. The molecule has 26 heavy (non-hydrogen) atoms.